The van der Waals surface area contributed by atoms with Crippen LogP contribution in [0.2, 0.25) is 0 Å². The highest BCUT2D eigenvalue weighted by atomic mass is 16.5. The van der Waals surface area contributed by atoms with E-state index in [2.05, 4.69) is 22.5 Å². The molecule has 3 rings (SSSR count). The number of hydrogen-bond donors (Lipinski definition) is 2. The molecule has 0 saturated carbocycles. The van der Waals surface area contributed by atoms with Crippen molar-refractivity contribution in [3.8, 4) is 5.88 Å². The van der Waals surface area contributed by atoms with Crippen molar-refractivity contribution in [3.05, 3.63) is 23.9 Å². The molecular formula is C18H27N3O3. The van der Waals surface area contributed by atoms with Gasteiger partial charge in [0.1, 0.15) is 6.10 Å². The minimum absolute atomic E-state index is 0.112. The first-order chi connectivity index (χ1) is 11.7. The van der Waals surface area contributed by atoms with Crippen molar-refractivity contribution in [3.63, 3.8) is 0 Å². The Morgan fingerprint density at radius 3 is 3.04 bits per heavy atom. The first-order valence-electron chi connectivity index (χ1n) is 8.91. The van der Waals surface area contributed by atoms with Crippen molar-refractivity contribution in [2.45, 2.75) is 51.3 Å². The summed E-state index contributed by atoms with van der Waals surface area (Å²) in [6, 6.07) is 4.25. The summed E-state index contributed by atoms with van der Waals surface area (Å²) in [7, 11) is 0. The van der Waals surface area contributed by atoms with Gasteiger partial charge in [-0.1, -0.05) is 0 Å². The van der Waals surface area contributed by atoms with Crippen LogP contribution in [-0.2, 0) is 16.1 Å². The third-order valence-corrected chi connectivity index (χ3v) is 4.72. The van der Waals surface area contributed by atoms with Crippen LogP contribution in [0.4, 0.5) is 0 Å². The minimum Gasteiger partial charge on any atom is -0.474 e. The van der Waals surface area contributed by atoms with Crippen LogP contribution >= 0.6 is 0 Å². The average molecular weight is 333 g/mol. The second-order valence-electron chi connectivity index (χ2n) is 6.73. The van der Waals surface area contributed by atoms with Gasteiger partial charge in [0.05, 0.1) is 13.2 Å². The molecular weight excluding hydrogens is 306 g/mol. The van der Waals surface area contributed by atoms with Gasteiger partial charge in [-0.05, 0) is 37.9 Å². The fraction of sp³-hybridized carbons (Fsp3) is 0.667. The molecule has 2 atom stereocenters. The quantitative estimate of drug-likeness (QED) is 0.857. The van der Waals surface area contributed by atoms with E-state index in [0.29, 0.717) is 18.5 Å². The molecule has 2 N–H and O–H groups in total. The van der Waals surface area contributed by atoms with Gasteiger partial charge in [-0.3, -0.25) is 4.79 Å². The van der Waals surface area contributed by atoms with Gasteiger partial charge in [0.2, 0.25) is 11.8 Å². The minimum atomic E-state index is 0.112. The van der Waals surface area contributed by atoms with Gasteiger partial charge in [0.25, 0.3) is 0 Å². The maximum atomic E-state index is 12.3. The smallest absolute Gasteiger partial charge is 0.223 e. The molecule has 1 aromatic rings. The SMILES string of the molecule is C[C@H]1C[C@@H](C(=O)NCc2ccnc(OC3CCOCC3)c2)CCN1. The zero-order valence-corrected chi connectivity index (χ0v) is 14.3. The molecule has 6 heteroatoms. The van der Waals surface area contributed by atoms with E-state index in [1.54, 1.807) is 6.20 Å². The van der Waals surface area contributed by atoms with Crippen molar-refractivity contribution < 1.29 is 14.3 Å². The first kappa shape index (κ1) is 17.2. The third kappa shape index (κ3) is 4.92. The maximum Gasteiger partial charge on any atom is 0.223 e. The Hall–Kier alpha value is -1.66. The summed E-state index contributed by atoms with van der Waals surface area (Å²) in [6.45, 7) is 5.05. The molecule has 1 aromatic heterocycles. The Bertz CT molecular complexity index is 546. The number of pyridine rings is 1. The lowest BCUT2D eigenvalue weighted by Gasteiger charge is -2.27. The second kappa shape index (κ2) is 8.44. The maximum absolute atomic E-state index is 12.3. The molecule has 24 heavy (non-hydrogen) atoms. The Kier molecular flexibility index (Phi) is 6.04. The van der Waals surface area contributed by atoms with Crippen LogP contribution in [-0.4, -0.2) is 42.8 Å². The Morgan fingerprint density at radius 1 is 1.42 bits per heavy atom. The fourth-order valence-electron chi connectivity index (χ4n) is 3.29. The number of rotatable bonds is 5. The van der Waals surface area contributed by atoms with Crippen molar-refractivity contribution in [1.82, 2.24) is 15.6 Å². The van der Waals surface area contributed by atoms with Crippen LogP contribution in [0.15, 0.2) is 18.3 Å². The monoisotopic (exact) mass is 333 g/mol. The van der Waals surface area contributed by atoms with Gasteiger partial charge in [-0.25, -0.2) is 4.98 Å². The second-order valence-corrected chi connectivity index (χ2v) is 6.73. The van der Waals surface area contributed by atoms with Gasteiger partial charge in [-0.2, -0.15) is 0 Å². The molecule has 2 aliphatic rings. The van der Waals surface area contributed by atoms with Gasteiger partial charge in [0.15, 0.2) is 0 Å². The van der Waals surface area contributed by atoms with Crippen LogP contribution in [0.25, 0.3) is 0 Å². The van der Waals surface area contributed by atoms with Crippen LogP contribution < -0.4 is 15.4 Å². The van der Waals surface area contributed by atoms with E-state index in [9.17, 15) is 4.79 Å². The number of piperidine rings is 1. The largest absolute Gasteiger partial charge is 0.474 e. The molecule has 0 aromatic carbocycles. The molecule has 6 nitrogen and oxygen atoms in total. The molecule has 2 saturated heterocycles. The van der Waals surface area contributed by atoms with E-state index in [4.69, 9.17) is 9.47 Å². The molecule has 1 amide bonds. The lowest BCUT2D eigenvalue weighted by atomic mass is 9.92. The van der Waals surface area contributed by atoms with Crippen molar-refractivity contribution >= 4 is 5.91 Å². The number of nitrogens with zero attached hydrogens (tertiary/aromatic N) is 1. The Balaban J connectivity index is 1.49. The van der Waals surface area contributed by atoms with Crippen LogP contribution in [0.3, 0.4) is 0 Å². The zero-order valence-electron chi connectivity index (χ0n) is 14.3. The number of amides is 1. The van der Waals surface area contributed by atoms with Crippen molar-refractivity contribution in [2.24, 2.45) is 5.92 Å². The topological polar surface area (TPSA) is 72.5 Å². The lowest BCUT2D eigenvalue weighted by Crippen LogP contribution is -2.42. The molecule has 3 heterocycles. The van der Waals surface area contributed by atoms with E-state index in [0.717, 1.165) is 51.0 Å². The van der Waals surface area contributed by atoms with Gasteiger partial charge in [0, 0.05) is 43.6 Å². The number of carbonyl (C=O) groups is 1. The molecule has 0 aliphatic carbocycles. The predicted molar refractivity (Wildman–Crippen MR) is 90.7 cm³/mol. The molecule has 0 unspecified atom stereocenters. The number of nitrogens with one attached hydrogen (secondary N) is 2. The van der Waals surface area contributed by atoms with E-state index in [-0.39, 0.29) is 17.9 Å². The summed E-state index contributed by atoms with van der Waals surface area (Å²) >= 11 is 0. The molecule has 0 radical (unpaired) electrons. The van der Waals surface area contributed by atoms with E-state index in [1.807, 2.05) is 12.1 Å². The zero-order chi connectivity index (χ0) is 16.8. The van der Waals surface area contributed by atoms with Gasteiger partial charge >= 0.3 is 0 Å². The van der Waals surface area contributed by atoms with Gasteiger partial charge < -0.3 is 20.1 Å². The summed E-state index contributed by atoms with van der Waals surface area (Å²) < 4.78 is 11.3. The first-order valence-corrected chi connectivity index (χ1v) is 8.91. The van der Waals surface area contributed by atoms with Crippen LogP contribution in [0.5, 0.6) is 5.88 Å². The molecule has 2 fully saturated rings. The molecule has 2 aliphatic heterocycles. The van der Waals surface area contributed by atoms with E-state index < -0.39 is 0 Å². The van der Waals surface area contributed by atoms with Crippen molar-refractivity contribution in [1.29, 1.82) is 0 Å². The summed E-state index contributed by atoms with van der Waals surface area (Å²) in [5, 5.41) is 6.42. The van der Waals surface area contributed by atoms with Gasteiger partial charge in [-0.15, -0.1) is 0 Å². The predicted octanol–water partition coefficient (Wildman–Crippen LogP) is 1.64. The highest BCUT2D eigenvalue weighted by molar-refractivity contribution is 5.78. The number of carbonyl (C=O) groups excluding carboxylic acids is 1. The summed E-state index contributed by atoms with van der Waals surface area (Å²) in [5.74, 6) is 0.886. The lowest BCUT2D eigenvalue weighted by molar-refractivity contribution is -0.126. The van der Waals surface area contributed by atoms with Crippen molar-refractivity contribution in [2.75, 3.05) is 19.8 Å². The highest BCUT2D eigenvalue weighted by Crippen LogP contribution is 2.18. The highest BCUT2D eigenvalue weighted by Gasteiger charge is 2.24. The van der Waals surface area contributed by atoms with Crippen LogP contribution in [0.1, 0.15) is 38.2 Å². The number of ether oxygens (including phenoxy) is 2. The average Bonchev–Trinajstić information content (AvgIpc) is 2.61. The fourth-order valence-corrected chi connectivity index (χ4v) is 3.29. The molecule has 0 spiro atoms. The van der Waals surface area contributed by atoms with E-state index >= 15 is 0 Å². The molecule has 0 bridgehead atoms. The van der Waals surface area contributed by atoms with E-state index in [1.165, 1.54) is 0 Å². The standard InChI is InChI=1S/C18H27N3O3/c1-13-10-15(3-7-19-13)18(22)21-12-14-2-6-20-17(11-14)24-16-4-8-23-9-5-16/h2,6,11,13,15-16,19H,3-5,7-10,12H2,1H3,(H,21,22)/t13-,15-/m0/s1. The summed E-state index contributed by atoms with van der Waals surface area (Å²) in [6.07, 6.45) is 5.52. The normalized spacial score (nSPS) is 25.2. The molecule has 132 valence electrons. The summed E-state index contributed by atoms with van der Waals surface area (Å²) in [4.78, 5) is 16.6. The van der Waals surface area contributed by atoms with Crippen LogP contribution in [0, 0.1) is 5.92 Å². The number of hydrogen-bond acceptors (Lipinski definition) is 5. The Morgan fingerprint density at radius 2 is 2.25 bits per heavy atom. The number of aromatic nitrogens is 1. The summed E-state index contributed by atoms with van der Waals surface area (Å²) in [5.41, 5.74) is 1.02. The Labute approximate surface area is 143 Å². The third-order valence-electron chi connectivity index (χ3n) is 4.72.